The van der Waals surface area contributed by atoms with Crippen molar-refractivity contribution in [2.45, 2.75) is 6.23 Å². The van der Waals surface area contributed by atoms with Crippen molar-refractivity contribution in [3.05, 3.63) is 0 Å². The van der Waals surface area contributed by atoms with Crippen molar-refractivity contribution in [3.63, 3.8) is 0 Å². The number of alkyl halides is 1. The molecule has 1 N–H and O–H groups in total. The summed E-state index contributed by atoms with van der Waals surface area (Å²) in [6.07, 6.45) is -0.716. The summed E-state index contributed by atoms with van der Waals surface area (Å²) in [4.78, 5) is 0. The Morgan fingerprint density at radius 1 is 1.73 bits per heavy atom. The first-order valence-corrected chi connectivity index (χ1v) is 4.90. The first kappa shape index (κ1) is 9.21. The Morgan fingerprint density at radius 2 is 2.36 bits per heavy atom. The van der Waals surface area contributed by atoms with Crippen LogP contribution in [0.25, 0.3) is 0 Å². The van der Waals surface area contributed by atoms with Gasteiger partial charge in [0.05, 0.1) is 12.5 Å². The second-order valence-corrected chi connectivity index (χ2v) is 3.74. The van der Waals surface area contributed by atoms with Crippen molar-refractivity contribution in [2.75, 3.05) is 19.0 Å². The fraction of sp³-hybridized carbons (Fsp3) is 1.00. The van der Waals surface area contributed by atoms with Crippen LogP contribution in [-0.2, 0) is 15.0 Å². The molecule has 0 radical (unpaired) electrons. The molecule has 0 aliphatic carbocycles. The van der Waals surface area contributed by atoms with Gasteiger partial charge < -0.3 is 4.74 Å². The molecule has 5 nitrogen and oxygen atoms in total. The van der Waals surface area contributed by atoms with E-state index < -0.39 is 16.5 Å². The lowest BCUT2D eigenvalue weighted by molar-refractivity contribution is 0.0839. The molecule has 1 aliphatic rings. The van der Waals surface area contributed by atoms with E-state index in [2.05, 4.69) is 0 Å². The van der Waals surface area contributed by atoms with Gasteiger partial charge in [0, 0.05) is 6.54 Å². The Labute approximate surface area is 69.8 Å². The predicted molar refractivity (Wildman–Crippen MR) is 38.7 cm³/mol. The van der Waals surface area contributed by atoms with Gasteiger partial charge in [-0.1, -0.05) is 0 Å². The number of ether oxygens (including phenoxy) is 1. The van der Waals surface area contributed by atoms with E-state index in [1.807, 2.05) is 0 Å². The van der Waals surface area contributed by atoms with Crippen LogP contribution in [0.1, 0.15) is 0 Å². The van der Waals surface area contributed by atoms with E-state index in [1.165, 1.54) is 0 Å². The molecule has 1 saturated heterocycles. The minimum Gasteiger partial charge on any atom is -0.359 e. The molecule has 7 heteroatoms. The summed E-state index contributed by atoms with van der Waals surface area (Å²) in [5.41, 5.74) is 0. The van der Waals surface area contributed by atoms with E-state index in [9.17, 15) is 8.42 Å². The molecule has 1 heterocycles. The highest BCUT2D eigenvalue weighted by molar-refractivity contribution is 7.83. The van der Waals surface area contributed by atoms with Crippen molar-refractivity contribution in [3.8, 4) is 0 Å². The third-order valence-electron chi connectivity index (χ3n) is 1.37. The van der Waals surface area contributed by atoms with Gasteiger partial charge in [-0.2, -0.15) is 8.42 Å². The molecule has 66 valence electrons. The lowest BCUT2D eigenvalue weighted by Crippen LogP contribution is -2.36. The highest BCUT2D eigenvalue weighted by Crippen LogP contribution is 2.14. The molecule has 0 aromatic carbocycles. The standard InChI is InChI=1S/C4H8ClNO4S/c5-3-4-6(1-2-10-4)11(7,8)9/h4H,1-3H2,(H,7,8,9). The number of hydrogen-bond donors (Lipinski definition) is 1. The van der Waals surface area contributed by atoms with Crippen LogP contribution < -0.4 is 0 Å². The molecular weight excluding hydrogens is 194 g/mol. The van der Waals surface area contributed by atoms with E-state index in [-0.39, 0.29) is 19.0 Å². The van der Waals surface area contributed by atoms with Crippen LogP contribution in [0.3, 0.4) is 0 Å². The summed E-state index contributed by atoms with van der Waals surface area (Å²) < 4.78 is 35.4. The molecule has 0 saturated carbocycles. The van der Waals surface area contributed by atoms with Crippen molar-refractivity contribution < 1.29 is 17.7 Å². The van der Waals surface area contributed by atoms with Gasteiger partial charge in [-0.05, 0) is 0 Å². The van der Waals surface area contributed by atoms with Gasteiger partial charge in [0.1, 0.15) is 6.23 Å². The number of hydrogen-bond acceptors (Lipinski definition) is 3. The predicted octanol–water partition coefficient (Wildman–Crippen LogP) is -0.314. The minimum absolute atomic E-state index is 0.0276. The Morgan fingerprint density at radius 3 is 2.73 bits per heavy atom. The molecule has 1 unspecified atom stereocenters. The molecule has 1 aliphatic heterocycles. The summed E-state index contributed by atoms with van der Waals surface area (Å²) in [6.45, 7) is 0.438. The van der Waals surface area contributed by atoms with Crippen LogP contribution in [-0.4, -0.2) is 42.5 Å². The molecule has 1 rings (SSSR count). The molecule has 0 spiro atoms. The van der Waals surface area contributed by atoms with Gasteiger partial charge in [0.15, 0.2) is 0 Å². The summed E-state index contributed by atoms with van der Waals surface area (Å²) in [7, 11) is -4.14. The second-order valence-electron chi connectivity index (χ2n) is 2.07. The van der Waals surface area contributed by atoms with E-state index in [0.717, 1.165) is 4.31 Å². The smallest absolute Gasteiger partial charge is 0.338 e. The van der Waals surface area contributed by atoms with Crippen molar-refractivity contribution in [1.29, 1.82) is 0 Å². The topological polar surface area (TPSA) is 66.8 Å². The fourth-order valence-corrected chi connectivity index (χ4v) is 1.97. The van der Waals surface area contributed by atoms with Crippen LogP contribution in [0.15, 0.2) is 0 Å². The summed E-state index contributed by atoms with van der Waals surface area (Å²) >= 11 is 5.37. The number of halogens is 1. The molecule has 0 amide bonds. The van der Waals surface area contributed by atoms with Gasteiger partial charge in [-0.15, -0.1) is 15.9 Å². The van der Waals surface area contributed by atoms with E-state index >= 15 is 0 Å². The lowest BCUT2D eigenvalue weighted by atomic mass is 10.6. The van der Waals surface area contributed by atoms with Crippen molar-refractivity contribution in [1.82, 2.24) is 4.31 Å². The monoisotopic (exact) mass is 201 g/mol. The molecule has 1 fully saturated rings. The first-order chi connectivity index (χ1) is 5.05. The van der Waals surface area contributed by atoms with Crippen LogP contribution >= 0.6 is 11.6 Å². The van der Waals surface area contributed by atoms with Gasteiger partial charge in [-0.3, -0.25) is 4.55 Å². The zero-order valence-electron chi connectivity index (χ0n) is 5.60. The SMILES string of the molecule is O=S(=O)(O)N1CCOC1CCl. The lowest BCUT2D eigenvalue weighted by Gasteiger charge is -2.15. The average molecular weight is 202 g/mol. The summed E-state index contributed by atoms with van der Waals surface area (Å²) in [5, 5.41) is 0. The van der Waals surface area contributed by atoms with Crippen molar-refractivity contribution >= 4 is 21.9 Å². The van der Waals surface area contributed by atoms with Crippen LogP contribution in [0.2, 0.25) is 0 Å². The largest absolute Gasteiger partial charge is 0.359 e. The van der Waals surface area contributed by atoms with Gasteiger partial charge in [0.2, 0.25) is 0 Å². The minimum atomic E-state index is -4.14. The molecule has 0 aromatic heterocycles. The maximum atomic E-state index is 10.5. The maximum Gasteiger partial charge on any atom is 0.338 e. The van der Waals surface area contributed by atoms with Gasteiger partial charge in [0.25, 0.3) is 0 Å². The molecule has 0 aromatic rings. The molecular formula is C4H8ClNO4S. The first-order valence-electron chi connectivity index (χ1n) is 2.97. The highest BCUT2D eigenvalue weighted by atomic mass is 35.5. The van der Waals surface area contributed by atoms with Crippen LogP contribution in [0.5, 0.6) is 0 Å². The summed E-state index contributed by atoms with van der Waals surface area (Å²) in [6, 6.07) is 0. The van der Waals surface area contributed by atoms with Crippen LogP contribution in [0.4, 0.5) is 0 Å². The second kappa shape index (κ2) is 3.24. The zero-order chi connectivity index (χ0) is 8.48. The van der Waals surface area contributed by atoms with E-state index in [4.69, 9.17) is 20.9 Å². The third-order valence-corrected chi connectivity index (χ3v) is 2.65. The zero-order valence-corrected chi connectivity index (χ0v) is 7.18. The van der Waals surface area contributed by atoms with Gasteiger partial charge in [-0.25, -0.2) is 0 Å². The summed E-state index contributed by atoms with van der Waals surface area (Å²) in [5.74, 6) is 0.0276. The van der Waals surface area contributed by atoms with E-state index in [1.54, 1.807) is 0 Å². The Bertz CT molecular complexity index is 228. The highest BCUT2D eigenvalue weighted by Gasteiger charge is 2.33. The maximum absolute atomic E-state index is 10.5. The molecule has 1 atom stereocenters. The average Bonchev–Trinajstić information content (AvgIpc) is 2.31. The Balaban J connectivity index is 2.72. The third kappa shape index (κ3) is 2.03. The Kier molecular flexibility index (Phi) is 2.71. The normalized spacial score (nSPS) is 27.6. The van der Waals surface area contributed by atoms with Crippen molar-refractivity contribution in [2.24, 2.45) is 0 Å². The quantitative estimate of drug-likeness (QED) is 0.492. The molecule has 0 bridgehead atoms. The Hall–Kier alpha value is 0.120. The van der Waals surface area contributed by atoms with E-state index in [0.29, 0.717) is 0 Å². The number of rotatable bonds is 2. The number of nitrogens with zero attached hydrogens (tertiary/aromatic N) is 1. The molecule has 11 heavy (non-hydrogen) atoms. The fourth-order valence-electron chi connectivity index (χ4n) is 0.891. The van der Waals surface area contributed by atoms with Gasteiger partial charge >= 0.3 is 10.3 Å². The van der Waals surface area contributed by atoms with Crippen LogP contribution in [0, 0.1) is 0 Å².